The van der Waals surface area contributed by atoms with E-state index < -0.39 is 0 Å². The summed E-state index contributed by atoms with van der Waals surface area (Å²) < 4.78 is 0. The average molecular weight is 388 g/mol. The van der Waals surface area contributed by atoms with Crippen LogP contribution in [0.1, 0.15) is 42.9 Å². The highest BCUT2D eigenvalue weighted by Crippen LogP contribution is 2.30. The smallest absolute Gasteiger partial charge is 0.116 e. The second kappa shape index (κ2) is 7.96. The number of aryl methyl sites for hydroxylation is 1. The number of unbranched alkanes of at least 4 members (excludes halogenated alkanes) is 1. The molecule has 150 valence electrons. The van der Waals surface area contributed by atoms with Crippen molar-refractivity contribution in [2.24, 2.45) is 0 Å². The fraction of sp³-hybridized carbons (Fsp3) is 0.360. The molecule has 1 saturated heterocycles. The first kappa shape index (κ1) is 18.3. The molecule has 0 atom stereocenters. The highest BCUT2D eigenvalue weighted by atomic mass is 16.3. The molecule has 0 unspecified atom stereocenters. The number of nitrogens with zero attached hydrogens (tertiary/aromatic N) is 1. The molecule has 29 heavy (non-hydrogen) atoms. The second-order valence-electron chi connectivity index (χ2n) is 8.43. The standard InChI is InChI=1S/C25H29N3O/c29-21-8-9-24-22(16-21)20(17-26-24)6-3-4-12-28-13-10-18(11-14-28)25-15-19-5-1-2-7-23(19)27-25/h1-2,5,7-9,15-18,26-27,29H,3-4,6,10-14H2. The molecule has 0 bridgehead atoms. The summed E-state index contributed by atoms with van der Waals surface area (Å²) in [5.41, 5.74) is 5.09. The fourth-order valence-electron chi connectivity index (χ4n) is 4.81. The Labute approximate surface area is 171 Å². The van der Waals surface area contributed by atoms with Crippen LogP contribution in [0.4, 0.5) is 0 Å². The summed E-state index contributed by atoms with van der Waals surface area (Å²) in [6.07, 6.45) is 8.06. The van der Waals surface area contributed by atoms with Crippen molar-refractivity contribution in [3.05, 3.63) is 66.0 Å². The molecule has 4 heteroatoms. The van der Waals surface area contributed by atoms with Crippen LogP contribution in [0.2, 0.25) is 0 Å². The van der Waals surface area contributed by atoms with E-state index in [2.05, 4.69) is 51.4 Å². The van der Waals surface area contributed by atoms with Crippen molar-refractivity contribution in [3.8, 4) is 5.75 Å². The zero-order valence-electron chi connectivity index (χ0n) is 16.8. The quantitative estimate of drug-likeness (QED) is 0.380. The third kappa shape index (κ3) is 3.90. The van der Waals surface area contributed by atoms with Gasteiger partial charge in [0, 0.05) is 34.2 Å². The Balaban J connectivity index is 1.09. The van der Waals surface area contributed by atoms with Crippen LogP contribution in [0.25, 0.3) is 21.8 Å². The third-order valence-corrected chi connectivity index (χ3v) is 6.50. The SMILES string of the molecule is Oc1ccc2[nH]cc(CCCCN3CCC(c4cc5ccccc5[nH]4)CC3)c2c1. The molecule has 4 nitrogen and oxygen atoms in total. The van der Waals surface area contributed by atoms with E-state index in [-0.39, 0.29) is 0 Å². The van der Waals surface area contributed by atoms with Crippen LogP contribution in [0.5, 0.6) is 5.75 Å². The number of nitrogens with one attached hydrogen (secondary N) is 2. The number of H-pyrrole nitrogens is 2. The molecule has 1 aliphatic rings. The normalized spacial score (nSPS) is 16.1. The minimum atomic E-state index is 0.344. The maximum atomic E-state index is 9.74. The van der Waals surface area contributed by atoms with Crippen LogP contribution in [0.3, 0.4) is 0 Å². The molecule has 3 N–H and O–H groups in total. The van der Waals surface area contributed by atoms with Crippen molar-refractivity contribution in [2.45, 2.75) is 38.0 Å². The number of likely N-dealkylation sites (tertiary alicyclic amines) is 1. The van der Waals surface area contributed by atoms with Crippen LogP contribution < -0.4 is 0 Å². The molecule has 0 saturated carbocycles. The van der Waals surface area contributed by atoms with Gasteiger partial charge in [0.05, 0.1) is 0 Å². The number of aromatic amines is 2. The topological polar surface area (TPSA) is 55.0 Å². The van der Waals surface area contributed by atoms with Crippen molar-refractivity contribution < 1.29 is 5.11 Å². The van der Waals surface area contributed by atoms with Crippen molar-refractivity contribution in [1.82, 2.24) is 14.9 Å². The number of rotatable bonds is 6. The largest absolute Gasteiger partial charge is 0.508 e. The number of aromatic nitrogens is 2. The first-order valence-electron chi connectivity index (χ1n) is 10.9. The lowest BCUT2D eigenvalue weighted by atomic mass is 9.93. The summed E-state index contributed by atoms with van der Waals surface area (Å²) in [6.45, 7) is 3.58. The molecule has 2 aromatic heterocycles. The molecule has 0 radical (unpaired) electrons. The molecular formula is C25H29N3O. The number of piperidine rings is 1. The van der Waals surface area contributed by atoms with Crippen molar-refractivity contribution in [2.75, 3.05) is 19.6 Å². The maximum Gasteiger partial charge on any atom is 0.116 e. The zero-order valence-corrected chi connectivity index (χ0v) is 16.8. The summed E-state index contributed by atoms with van der Waals surface area (Å²) in [5, 5.41) is 12.2. The van der Waals surface area contributed by atoms with Gasteiger partial charge in [-0.15, -0.1) is 0 Å². The number of benzene rings is 2. The van der Waals surface area contributed by atoms with E-state index >= 15 is 0 Å². The van der Waals surface area contributed by atoms with Gasteiger partial charge in [-0.05, 0) is 93.0 Å². The van der Waals surface area contributed by atoms with Gasteiger partial charge in [-0.1, -0.05) is 18.2 Å². The lowest BCUT2D eigenvalue weighted by Gasteiger charge is -2.31. The van der Waals surface area contributed by atoms with Gasteiger partial charge in [0.2, 0.25) is 0 Å². The summed E-state index contributed by atoms with van der Waals surface area (Å²) in [6, 6.07) is 16.5. The highest BCUT2D eigenvalue weighted by Gasteiger charge is 2.21. The molecule has 1 aliphatic heterocycles. The Bertz CT molecular complexity index is 1070. The van der Waals surface area contributed by atoms with Gasteiger partial charge in [-0.3, -0.25) is 0 Å². The average Bonchev–Trinajstić information content (AvgIpc) is 3.35. The summed E-state index contributed by atoms with van der Waals surface area (Å²) >= 11 is 0. The molecule has 0 amide bonds. The van der Waals surface area contributed by atoms with Crippen molar-refractivity contribution >= 4 is 21.8 Å². The zero-order chi connectivity index (χ0) is 19.6. The van der Waals surface area contributed by atoms with Gasteiger partial charge in [-0.2, -0.15) is 0 Å². The monoisotopic (exact) mass is 387 g/mol. The molecule has 3 heterocycles. The summed E-state index contributed by atoms with van der Waals surface area (Å²) in [5.74, 6) is 1.01. The second-order valence-corrected chi connectivity index (χ2v) is 8.43. The maximum absolute atomic E-state index is 9.74. The third-order valence-electron chi connectivity index (χ3n) is 6.50. The summed E-state index contributed by atoms with van der Waals surface area (Å²) in [4.78, 5) is 9.56. The van der Waals surface area contributed by atoms with Gasteiger partial charge in [0.15, 0.2) is 0 Å². The summed E-state index contributed by atoms with van der Waals surface area (Å²) in [7, 11) is 0. The van der Waals surface area contributed by atoms with E-state index in [1.54, 1.807) is 6.07 Å². The molecule has 0 aliphatic carbocycles. The molecular weight excluding hydrogens is 358 g/mol. The molecule has 2 aromatic carbocycles. The van der Waals surface area contributed by atoms with Crippen LogP contribution in [-0.2, 0) is 6.42 Å². The number of fused-ring (bicyclic) bond motifs is 2. The van der Waals surface area contributed by atoms with Gasteiger partial charge in [0.1, 0.15) is 5.75 Å². The van der Waals surface area contributed by atoms with Crippen LogP contribution >= 0.6 is 0 Å². The Morgan fingerprint density at radius 3 is 2.69 bits per heavy atom. The number of hydrogen-bond donors (Lipinski definition) is 3. The van der Waals surface area contributed by atoms with Crippen LogP contribution in [0, 0.1) is 0 Å². The number of hydrogen-bond acceptors (Lipinski definition) is 2. The van der Waals surface area contributed by atoms with E-state index in [1.165, 1.54) is 67.5 Å². The predicted octanol–water partition coefficient (Wildman–Crippen LogP) is 5.56. The minimum absolute atomic E-state index is 0.344. The predicted molar refractivity (Wildman–Crippen MR) is 120 cm³/mol. The molecule has 4 aromatic rings. The van der Waals surface area contributed by atoms with Gasteiger partial charge in [-0.25, -0.2) is 0 Å². The Kier molecular flexibility index (Phi) is 5.03. The van der Waals surface area contributed by atoms with Gasteiger partial charge < -0.3 is 20.0 Å². The Morgan fingerprint density at radius 1 is 0.966 bits per heavy atom. The van der Waals surface area contributed by atoms with E-state index in [4.69, 9.17) is 0 Å². The van der Waals surface area contributed by atoms with Gasteiger partial charge >= 0.3 is 0 Å². The number of para-hydroxylation sites is 1. The lowest BCUT2D eigenvalue weighted by molar-refractivity contribution is 0.208. The minimum Gasteiger partial charge on any atom is -0.508 e. The lowest BCUT2D eigenvalue weighted by Crippen LogP contribution is -2.33. The van der Waals surface area contributed by atoms with Crippen molar-refractivity contribution in [1.29, 1.82) is 0 Å². The first-order valence-corrected chi connectivity index (χ1v) is 10.9. The fourth-order valence-corrected chi connectivity index (χ4v) is 4.81. The Morgan fingerprint density at radius 2 is 1.83 bits per heavy atom. The van der Waals surface area contributed by atoms with Crippen LogP contribution in [-0.4, -0.2) is 39.6 Å². The van der Waals surface area contributed by atoms with E-state index in [0.717, 1.165) is 17.3 Å². The number of phenols is 1. The molecule has 5 rings (SSSR count). The number of aromatic hydroxyl groups is 1. The molecule has 1 fully saturated rings. The van der Waals surface area contributed by atoms with E-state index in [0.29, 0.717) is 11.7 Å². The van der Waals surface area contributed by atoms with E-state index in [1.807, 2.05) is 12.1 Å². The van der Waals surface area contributed by atoms with Crippen LogP contribution in [0.15, 0.2) is 54.7 Å². The van der Waals surface area contributed by atoms with Crippen molar-refractivity contribution in [3.63, 3.8) is 0 Å². The van der Waals surface area contributed by atoms with Gasteiger partial charge in [0.25, 0.3) is 0 Å². The Hall–Kier alpha value is -2.72. The highest BCUT2D eigenvalue weighted by molar-refractivity contribution is 5.84. The molecule has 0 spiro atoms. The van der Waals surface area contributed by atoms with E-state index in [9.17, 15) is 5.11 Å². The number of phenolic OH excluding ortho intramolecular Hbond substituents is 1. The first-order chi connectivity index (χ1) is 14.3.